The van der Waals surface area contributed by atoms with Crippen molar-refractivity contribution in [3.8, 4) is 11.3 Å². The fraction of sp³-hybridized carbons (Fsp3) is 0.318. The SMILES string of the molecule is Cc1ccc2c(c1-c1ccc3ccccc3[n+]1C)CC1CC2C1. The van der Waals surface area contributed by atoms with Gasteiger partial charge in [0.25, 0.3) is 0 Å². The number of hydrogen-bond donors (Lipinski definition) is 0. The van der Waals surface area contributed by atoms with E-state index in [9.17, 15) is 0 Å². The van der Waals surface area contributed by atoms with Gasteiger partial charge in [0.05, 0.1) is 5.56 Å². The molecule has 23 heavy (non-hydrogen) atoms. The summed E-state index contributed by atoms with van der Waals surface area (Å²) in [5, 5.41) is 1.31. The second-order valence-electron chi connectivity index (χ2n) is 7.40. The maximum atomic E-state index is 2.40. The average molecular weight is 300 g/mol. The molecule has 0 unspecified atom stereocenters. The van der Waals surface area contributed by atoms with Gasteiger partial charge in [-0.2, -0.15) is 4.57 Å². The Labute approximate surface area is 137 Å². The topological polar surface area (TPSA) is 3.88 Å². The van der Waals surface area contributed by atoms with Gasteiger partial charge in [-0.1, -0.05) is 24.3 Å². The highest BCUT2D eigenvalue weighted by atomic mass is 14.9. The van der Waals surface area contributed by atoms with Crippen LogP contribution in [0.15, 0.2) is 48.5 Å². The van der Waals surface area contributed by atoms with Crippen molar-refractivity contribution in [2.45, 2.75) is 32.1 Å². The van der Waals surface area contributed by atoms with Gasteiger partial charge in [0, 0.05) is 17.5 Å². The highest BCUT2D eigenvalue weighted by molar-refractivity contribution is 5.79. The summed E-state index contributed by atoms with van der Waals surface area (Å²) >= 11 is 0. The normalized spacial score (nSPS) is 21.8. The third kappa shape index (κ3) is 1.83. The zero-order valence-electron chi connectivity index (χ0n) is 13.8. The molecular formula is C22H22N+. The van der Waals surface area contributed by atoms with Crippen molar-refractivity contribution in [3.05, 3.63) is 65.2 Å². The number of pyridine rings is 1. The van der Waals surface area contributed by atoms with Crippen molar-refractivity contribution in [3.63, 3.8) is 0 Å². The Morgan fingerprint density at radius 3 is 2.65 bits per heavy atom. The summed E-state index contributed by atoms with van der Waals surface area (Å²) < 4.78 is 2.37. The number of fused-ring (bicyclic) bond motifs is 1. The molecule has 6 rings (SSSR count). The number of para-hydroxylation sites is 1. The van der Waals surface area contributed by atoms with Crippen LogP contribution in [0.4, 0.5) is 0 Å². The first-order chi connectivity index (χ1) is 11.2. The minimum Gasteiger partial charge on any atom is -0.194 e. The zero-order valence-corrected chi connectivity index (χ0v) is 13.8. The van der Waals surface area contributed by atoms with E-state index in [2.05, 4.69) is 67.1 Å². The van der Waals surface area contributed by atoms with Gasteiger partial charge in [-0.3, -0.25) is 0 Å². The van der Waals surface area contributed by atoms with Crippen molar-refractivity contribution in [1.29, 1.82) is 0 Å². The molecule has 0 radical (unpaired) electrons. The van der Waals surface area contributed by atoms with Gasteiger partial charge in [-0.15, -0.1) is 0 Å². The Hall–Kier alpha value is -2.15. The van der Waals surface area contributed by atoms with E-state index in [4.69, 9.17) is 0 Å². The maximum Gasteiger partial charge on any atom is 0.213 e. The number of rotatable bonds is 1. The first kappa shape index (κ1) is 13.3. The van der Waals surface area contributed by atoms with Crippen LogP contribution in [0.5, 0.6) is 0 Å². The summed E-state index contributed by atoms with van der Waals surface area (Å²) in [5.41, 5.74) is 8.83. The Morgan fingerprint density at radius 1 is 0.957 bits per heavy atom. The molecule has 114 valence electrons. The number of nitrogens with zero attached hydrogens (tertiary/aromatic N) is 1. The van der Waals surface area contributed by atoms with Gasteiger partial charge in [-0.05, 0) is 66.8 Å². The van der Waals surface area contributed by atoms with Crippen LogP contribution in [-0.4, -0.2) is 0 Å². The van der Waals surface area contributed by atoms with Crippen LogP contribution in [0.25, 0.3) is 22.2 Å². The first-order valence-corrected chi connectivity index (χ1v) is 8.73. The highest BCUT2D eigenvalue weighted by Crippen LogP contribution is 2.52. The van der Waals surface area contributed by atoms with E-state index in [1.165, 1.54) is 47.0 Å². The standard InChI is InChI=1S/C22H22N/c1-14-7-9-18-17-11-15(12-17)13-19(18)22(14)21-10-8-16-5-3-4-6-20(16)23(21)2/h3-10,15,17H,11-13H2,1-2H3/q+1. The summed E-state index contributed by atoms with van der Waals surface area (Å²) in [5.74, 6) is 1.76. The van der Waals surface area contributed by atoms with Crippen LogP contribution in [0, 0.1) is 12.8 Å². The predicted molar refractivity (Wildman–Crippen MR) is 94.5 cm³/mol. The quantitative estimate of drug-likeness (QED) is 0.574. The van der Waals surface area contributed by atoms with E-state index in [0.717, 1.165) is 11.8 Å². The molecule has 2 aromatic carbocycles. The smallest absolute Gasteiger partial charge is 0.194 e. The van der Waals surface area contributed by atoms with Crippen LogP contribution in [0.1, 0.15) is 35.4 Å². The molecule has 3 aromatic rings. The zero-order chi connectivity index (χ0) is 15.6. The summed E-state index contributed by atoms with van der Waals surface area (Å²) in [6, 6.07) is 18.0. The lowest BCUT2D eigenvalue weighted by molar-refractivity contribution is -0.633. The molecule has 0 saturated heterocycles. The molecule has 1 saturated carbocycles. The van der Waals surface area contributed by atoms with E-state index in [1.807, 2.05) is 0 Å². The molecular weight excluding hydrogens is 278 g/mol. The molecule has 0 spiro atoms. The van der Waals surface area contributed by atoms with E-state index < -0.39 is 0 Å². The predicted octanol–water partition coefficient (Wildman–Crippen LogP) is 4.69. The summed E-state index contributed by atoms with van der Waals surface area (Å²) in [7, 11) is 2.21. The van der Waals surface area contributed by atoms with Crippen molar-refractivity contribution in [2.75, 3.05) is 0 Å². The largest absolute Gasteiger partial charge is 0.213 e. The summed E-state index contributed by atoms with van der Waals surface area (Å²) in [6.45, 7) is 2.27. The number of benzene rings is 2. The van der Waals surface area contributed by atoms with Crippen LogP contribution < -0.4 is 4.57 Å². The Morgan fingerprint density at radius 2 is 1.78 bits per heavy atom. The Kier molecular flexibility index (Phi) is 2.70. The number of aryl methyl sites for hydroxylation is 2. The second kappa shape index (κ2) is 4.67. The summed E-state index contributed by atoms with van der Waals surface area (Å²) in [6.07, 6.45) is 4.11. The third-order valence-corrected chi connectivity index (χ3v) is 6.06. The molecule has 1 fully saturated rings. The van der Waals surface area contributed by atoms with Gasteiger partial charge in [0.2, 0.25) is 11.2 Å². The van der Waals surface area contributed by atoms with Crippen molar-refractivity contribution in [2.24, 2.45) is 13.0 Å². The lowest BCUT2D eigenvalue weighted by Crippen LogP contribution is -2.35. The monoisotopic (exact) mass is 300 g/mol. The first-order valence-electron chi connectivity index (χ1n) is 8.73. The third-order valence-electron chi connectivity index (χ3n) is 6.06. The molecule has 0 N–H and O–H groups in total. The molecule has 0 atom stereocenters. The van der Waals surface area contributed by atoms with Crippen molar-refractivity contribution >= 4 is 10.9 Å². The lowest BCUT2D eigenvalue weighted by Gasteiger charge is -2.43. The van der Waals surface area contributed by atoms with Crippen molar-refractivity contribution in [1.82, 2.24) is 0 Å². The van der Waals surface area contributed by atoms with Crippen LogP contribution in [0.2, 0.25) is 0 Å². The van der Waals surface area contributed by atoms with Crippen LogP contribution in [0.3, 0.4) is 0 Å². The molecule has 3 aliphatic carbocycles. The van der Waals surface area contributed by atoms with E-state index in [0.29, 0.717) is 0 Å². The molecule has 1 heteroatoms. The van der Waals surface area contributed by atoms with Crippen LogP contribution in [-0.2, 0) is 13.5 Å². The molecule has 1 heterocycles. The molecule has 2 bridgehead atoms. The fourth-order valence-corrected chi connectivity index (χ4v) is 4.78. The lowest BCUT2D eigenvalue weighted by atomic mass is 9.61. The second-order valence-corrected chi connectivity index (χ2v) is 7.40. The molecule has 0 aliphatic heterocycles. The van der Waals surface area contributed by atoms with Gasteiger partial charge < -0.3 is 0 Å². The van der Waals surface area contributed by atoms with E-state index in [1.54, 1.807) is 11.1 Å². The number of aromatic nitrogens is 1. The van der Waals surface area contributed by atoms with Gasteiger partial charge in [0.1, 0.15) is 7.05 Å². The van der Waals surface area contributed by atoms with E-state index >= 15 is 0 Å². The molecule has 1 aromatic heterocycles. The van der Waals surface area contributed by atoms with Gasteiger partial charge in [-0.25, -0.2) is 0 Å². The Balaban J connectivity index is 1.80. The number of hydrogen-bond acceptors (Lipinski definition) is 0. The minimum atomic E-state index is 0.828. The highest BCUT2D eigenvalue weighted by Gasteiger charge is 2.39. The Bertz CT molecular complexity index is 932. The molecule has 3 aliphatic rings. The fourth-order valence-electron chi connectivity index (χ4n) is 4.78. The van der Waals surface area contributed by atoms with Gasteiger partial charge >= 0.3 is 0 Å². The average Bonchev–Trinajstić information content (AvgIpc) is 2.55. The maximum absolute atomic E-state index is 2.40. The van der Waals surface area contributed by atoms with Crippen molar-refractivity contribution < 1.29 is 4.57 Å². The summed E-state index contributed by atoms with van der Waals surface area (Å²) in [4.78, 5) is 0. The van der Waals surface area contributed by atoms with Crippen LogP contribution >= 0.6 is 0 Å². The minimum absolute atomic E-state index is 0.828. The molecule has 0 amide bonds. The van der Waals surface area contributed by atoms with Gasteiger partial charge in [0.15, 0.2) is 0 Å². The van der Waals surface area contributed by atoms with E-state index in [-0.39, 0.29) is 0 Å². The molecule has 1 nitrogen and oxygen atoms in total.